The fourth-order valence-corrected chi connectivity index (χ4v) is 2.62. The van der Waals surface area contributed by atoms with Gasteiger partial charge < -0.3 is 10.2 Å². The van der Waals surface area contributed by atoms with Gasteiger partial charge in [0, 0.05) is 13.1 Å². The first kappa shape index (κ1) is 14.1. The number of amides is 1. The Hall–Kier alpha value is -1.35. The minimum Gasteiger partial charge on any atom is -0.342 e. The third-order valence-corrected chi connectivity index (χ3v) is 3.85. The van der Waals surface area contributed by atoms with E-state index < -0.39 is 0 Å². The van der Waals surface area contributed by atoms with Gasteiger partial charge in [-0.2, -0.15) is 0 Å². The first-order valence-electron chi connectivity index (χ1n) is 7.32. The highest BCUT2D eigenvalue weighted by molar-refractivity contribution is 5.78. The third kappa shape index (κ3) is 4.35. The average molecular weight is 260 g/mol. The van der Waals surface area contributed by atoms with Crippen LogP contribution < -0.4 is 5.32 Å². The molecule has 3 heteroatoms. The van der Waals surface area contributed by atoms with E-state index in [0.29, 0.717) is 6.42 Å². The molecule has 1 aromatic rings. The van der Waals surface area contributed by atoms with Crippen molar-refractivity contribution in [1.82, 2.24) is 10.2 Å². The molecule has 1 aromatic carbocycles. The summed E-state index contributed by atoms with van der Waals surface area (Å²) in [5, 5.41) is 3.40. The van der Waals surface area contributed by atoms with E-state index in [1.807, 2.05) is 35.2 Å². The molecule has 0 unspecified atom stereocenters. The van der Waals surface area contributed by atoms with Gasteiger partial charge in [0.2, 0.25) is 5.91 Å². The predicted molar refractivity (Wildman–Crippen MR) is 78.0 cm³/mol. The summed E-state index contributed by atoms with van der Waals surface area (Å²) in [5.74, 6) is 1.01. The number of hydrogen-bond acceptors (Lipinski definition) is 2. The normalized spacial score (nSPS) is 16.6. The van der Waals surface area contributed by atoms with E-state index in [1.165, 1.54) is 0 Å². The Bertz CT molecular complexity index is 383. The first-order valence-corrected chi connectivity index (χ1v) is 7.32. The maximum Gasteiger partial charge on any atom is 0.226 e. The molecule has 0 aliphatic carbocycles. The van der Waals surface area contributed by atoms with Crippen molar-refractivity contribution >= 4 is 5.91 Å². The van der Waals surface area contributed by atoms with E-state index in [-0.39, 0.29) is 5.91 Å². The number of piperidine rings is 1. The van der Waals surface area contributed by atoms with Crippen LogP contribution in [0, 0.1) is 5.92 Å². The van der Waals surface area contributed by atoms with Crippen molar-refractivity contribution in [3.8, 4) is 0 Å². The molecule has 1 amide bonds. The van der Waals surface area contributed by atoms with Crippen molar-refractivity contribution in [2.24, 2.45) is 5.92 Å². The zero-order chi connectivity index (χ0) is 13.5. The Morgan fingerprint density at radius 1 is 1.26 bits per heavy atom. The number of likely N-dealkylation sites (tertiary alicyclic amines) is 1. The monoisotopic (exact) mass is 260 g/mol. The highest BCUT2D eigenvalue weighted by atomic mass is 16.2. The quantitative estimate of drug-likeness (QED) is 0.879. The zero-order valence-electron chi connectivity index (χ0n) is 11.8. The van der Waals surface area contributed by atoms with Crippen molar-refractivity contribution < 1.29 is 4.79 Å². The topological polar surface area (TPSA) is 32.3 Å². The van der Waals surface area contributed by atoms with Crippen LogP contribution in [0.5, 0.6) is 0 Å². The summed E-state index contributed by atoms with van der Waals surface area (Å²) in [5.41, 5.74) is 1.11. The number of benzene rings is 1. The van der Waals surface area contributed by atoms with Gasteiger partial charge in [0.25, 0.3) is 0 Å². The average Bonchev–Trinajstić information content (AvgIpc) is 2.46. The van der Waals surface area contributed by atoms with Gasteiger partial charge in [-0.25, -0.2) is 0 Å². The van der Waals surface area contributed by atoms with Crippen LogP contribution in [0.15, 0.2) is 30.3 Å². The molecule has 0 atom stereocenters. The smallest absolute Gasteiger partial charge is 0.226 e. The van der Waals surface area contributed by atoms with Crippen LogP contribution in [-0.2, 0) is 11.2 Å². The van der Waals surface area contributed by atoms with Crippen LogP contribution in [0.2, 0.25) is 0 Å². The second-order valence-corrected chi connectivity index (χ2v) is 5.29. The Kier molecular flexibility index (Phi) is 5.40. The molecule has 1 saturated heterocycles. The number of nitrogens with one attached hydrogen (secondary N) is 1. The molecule has 2 rings (SSSR count). The van der Waals surface area contributed by atoms with E-state index in [4.69, 9.17) is 0 Å². The fourth-order valence-electron chi connectivity index (χ4n) is 2.62. The minimum atomic E-state index is 0.271. The minimum absolute atomic E-state index is 0.271. The molecule has 0 spiro atoms. The van der Waals surface area contributed by atoms with Crippen molar-refractivity contribution in [1.29, 1.82) is 0 Å². The summed E-state index contributed by atoms with van der Waals surface area (Å²) in [6, 6.07) is 10.0. The summed E-state index contributed by atoms with van der Waals surface area (Å²) in [6.07, 6.45) is 2.81. The van der Waals surface area contributed by atoms with Crippen molar-refractivity contribution in [3.63, 3.8) is 0 Å². The largest absolute Gasteiger partial charge is 0.342 e. The summed E-state index contributed by atoms with van der Waals surface area (Å²) in [7, 11) is 0. The van der Waals surface area contributed by atoms with E-state index in [2.05, 4.69) is 12.2 Å². The van der Waals surface area contributed by atoms with Gasteiger partial charge in [0.1, 0.15) is 0 Å². The number of carbonyl (C=O) groups is 1. The Morgan fingerprint density at radius 3 is 2.58 bits per heavy atom. The summed E-state index contributed by atoms with van der Waals surface area (Å²) in [4.78, 5) is 14.2. The standard InChI is InChI=1S/C16H24N2O/c1-2-17-13-15-8-10-18(11-9-15)16(19)12-14-6-4-3-5-7-14/h3-7,15,17H,2,8-13H2,1H3. The second kappa shape index (κ2) is 7.29. The van der Waals surface area contributed by atoms with Gasteiger partial charge in [-0.05, 0) is 37.4 Å². The van der Waals surface area contributed by atoms with E-state index >= 15 is 0 Å². The van der Waals surface area contributed by atoms with E-state index in [0.717, 1.165) is 50.5 Å². The fraction of sp³-hybridized carbons (Fsp3) is 0.562. The van der Waals surface area contributed by atoms with Gasteiger partial charge in [-0.3, -0.25) is 4.79 Å². The molecule has 0 bridgehead atoms. The first-order chi connectivity index (χ1) is 9.29. The lowest BCUT2D eigenvalue weighted by Crippen LogP contribution is -2.41. The molecule has 0 aromatic heterocycles. The van der Waals surface area contributed by atoms with E-state index in [1.54, 1.807) is 0 Å². The second-order valence-electron chi connectivity index (χ2n) is 5.29. The van der Waals surface area contributed by atoms with Crippen molar-refractivity contribution in [2.75, 3.05) is 26.2 Å². The van der Waals surface area contributed by atoms with Crippen molar-refractivity contribution in [2.45, 2.75) is 26.2 Å². The molecule has 3 nitrogen and oxygen atoms in total. The molecule has 0 saturated carbocycles. The van der Waals surface area contributed by atoms with Crippen LogP contribution in [0.4, 0.5) is 0 Å². The maximum absolute atomic E-state index is 12.2. The molecule has 104 valence electrons. The molecular formula is C16H24N2O. The third-order valence-electron chi connectivity index (χ3n) is 3.85. The summed E-state index contributed by atoms with van der Waals surface area (Å²) < 4.78 is 0. The molecule has 0 radical (unpaired) electrons. The van der Waals surface area contributed by atoms with Gasteiger partial charge in [0.15, 0.2) is 0 Å². The molecule has 1 heterocycles. The summed E-state index contributed by atoms with van der Waals surface area (Å²) >= 11 is 0. The Labute approximate surface area is 116 Å². The van der Waals surface area contributed by atoms with Crippen LogP contribution >= 0.6 is 0 Å². The lowest BCUT2D eigenvalue weighted by Gasteiger charge is -2.32. The highest BCUT2D eigenvalue weighted by Crippen LogP contribution is 2.17. The van der Waals surface area contributed by atoms with Crippen molar-refractivity contribution in [3.05, 3.63) is 35.9 Å². The highest BCUT2D eigenvalue weighted by Gasteiger charge is 2.22. The number of nitrogens with zero attached hydrogens (tertiary/aromatic N) is 1. The Morgan fingerprint density at radius 2 is 1.95 bits per heavy atom. The van der Waals surface area contributed by atoms with Gasteiger partial charge in [-0.1, -0.05) is 37.3 Å². The van der Waals surface area contributed by atoms with Gasteiger partial charge in [-0.15, -0.1) is 0 Å². The molecular weight excluding hydrogens is 236 g/mol. The number of carbonyl (C=O) groups excluding carboxylic acids is 1. The van der Waals surface area contributed by atoms with Gasteiger partial charge >= 0.3 is 0 Å². The molecule has 1 aliphatic rings. The zero-order valence-corrected chi connectivity index (χ0v) is 11.8. The summed E-state index contributed by atoms with van der Waals surface area (Å²) in [6.45, 7) is 6.10. The Balaban J connectivity index is 1.76. The molecule has 1 N–H and O–H groups in total. The number of rotatable bonds is 5. The van der Waals surface area contributed by atoms with Crippen LogP contribution in [0.1, 0.15) is 25.3 Å². The van der Waals surface area contributed by atoms with Crippen LogP contribution in [-0.4, -0.2) is 37.0 Å². The predicted octanol–water partition coefficient (Wildman–Crippen LogP) is 2.08. The van der Waals surface area contributed by atoms with Crippen LogP contribution in [0.25, 0.3) is 0 Å². The van der Waals surface area contributed by atoms with Crippen LogP contribution in [0.3, 0.4) is 0 Å². The lowest BCUT2D eigenvalue weighted by atomic mass is 9.96. The molecule has 1 aliphatic heterocycles. The van der Waals surface area contributed by atoms with Gasteiger partial charge in [0.05, 0.1) is 6.42 Å². The lowest BCUT2D eigenvalue weighted by molar-refractivity contribution is -0.131. The molecule has 19 heavy (non-hydrogen) atoms. The molecule has 1 fully saturated rings. The SMILES string of the molecule is CCNCC1CCN(C(=O)Cc2ccccc2)CC1. The maximum atomic E-state index is 12.2. The van der Waals surface area contributed by atoms with E-state index in [9.17, 15) is 4.79 Å². The number of hydrogen-bond donors (Lipinski definition) is 1.